The van der Waals surface area contributed by atoms with Gasteiger partial charge in [0.2, 0.25) is 0 Å². The van der Waals surface area contributed by atoms with E-state index in [-0.39, 0.29) is 17.9 Å². The van der Waals surface area contributed by atoms with Gasteiger partial charge in [-0.3, -0.25) is 4.98 Å². The lowest BCUT2D eigenvalue weighted by atomic mass is 10.2. The first kappa shape index (κ1) is 13.5. The normalized spacial score (nSPS) is 13.2. The van der Waals surface area contributed by atoms with Gasteiger partial charge in [0.1, 0.15) is 0 Å². The molecule has 1 rings (SSSR count). The van der Waals surface area contributed by atoms with Crippen molar-refractivity contribution >= 4 is 6.08 Å². The SMILES string of the molecule is CC(C)Oc1cncc(C=CC[C@H](C)N)c1O. The van der Waals surface area contributed by atoms with Gasteiger partial charge in [-0.25, -0.2) is 0 Å². The topological polar surface area (TPSA) is 68.4 Å². The number of nitrogens with two attached hydrogens (primary N) is 1. The zero-order valence-corrected chi connectivity index (χ0v) is 10.6. The first-order valence-electron chi connectivity index (χ1n) is 5.76. The Kier molecular flexibility index (Phi) is 4.97. The monoisotopic (exact) mass is 236 g/mol. The third-order valence-electron chi connectivity index (χ3n) is 2.08. The molecule has 0 radical (unpaired) electrons. The number of hydrogen-bond acceptors (Lipinski definition) is 4. The number of aromatic hydroxyl groups is 1. The largest absolute Gasteiger partial charge is 0.504 e. The fourth-order valence-corrected chi connectivity index (χ4v) is 1.32. The van der Waals surface area contributed by atoms with Crippen molar-refractivity contribution in [2.24, 2.45) is 5.73 Å². The number of rotatable bonds is 5. The van der Waals surface area contributed by atoms with Crippen LogP contribution in [0.3, 0.4) is 0 Å². The maximum atomic E-state index is 9.96. The standard InChI is InChI=1S/C13H20N2O2/c1-9(2)17-12-8-15-7-11(13(12)16)6-4-5-10(3)14/h4,6-10H,5,14H2,1-3H3,(H,15,16)/t10-/m0/s1. The lowest BCUT2D eigenvalue weighted by molar-refractivity contribution is 0.230. The molecule has 1 heterocycles. The Labute approximate surface area is 102 Å². The molecule has 0 saturated heterocycles. The van der Waals surface area contributed by atoms with E-state index in [2.05, 4.69) is 4.98 Å². The third kappa shape index (κ3) is 4.44. The van der Waals surface area contributed by atoms with Crippen LogP contribution in [0.1, 0.15) is 32.8 Å². The zero-order chi connectivity index (χ0) is 12.8. The van der Waals surface area contributed by atoms with Crippen LogP contribution in [0.25, 0.3) is 6.08 Å². The van der Waals surface area contributed by atoms with Crippen molar-refractivity contribution in [2.45, 2.75) is 39.3 Å². The summed E-state index contributed by atoms with van der Waals surface area (Å²) in [6.45, 7) is 5.73. The average molecular weight is 236 g/mol. The van der Waals surface area contributed by atoms with E-state index in [1.807, 2.05) is 26.8 Å². The number of aromatic nitrogens is 1. The first-order chi connectivity index (χ1) is 8.00. The van der Waals surface area contributed by atoms with Gasteiger partial charge in [-0.05, 0) is 27.2 Å². The molecule has 17 heavy (non-hydrogen) atoms. The molecular formula is C13H20N2O2. The Bertz CT molecular complexity index is 387. The number of hydrogen-bond donors (Lipinski definition) is 2. The summed E-state index contributed by atoms with van der Waals surface area (Å²) in [5, 5.41) is 9.96. The second-order valence-corrected chi connectivity index (χ2v) is 4.36. The van der Waals surface area contributed by atoms with Crippen LogP contribution < -0.4 is 10.5 Å². The molecule has 0 saturated carbocycles. The van der Waals surface area contributed by atoms with Crippen molar-refractivity contribution < 1.29 is 9.84 Å². The molecule has 0 unspecified atom stereocenters. The van der Waals surface area contributed by atoms with E-state index >= 15 is 0 Å². The summed E-state index contributed by atoms with van der Waals surface area (Å²) in [5.74, 6) is 0.526. The van der Waals surface area contributed by atoms with Crippen molar-refractivity contribution in [1.29, 1.82) is 0 Å². The van der Waals surface area contributed by atoms with Crippen LogP contribution in [-0.4, -0.2) is 22.2 Å². The van der Waals surface area contributed by atoms with Crippen LogP contribution in [0.5, 0.6) is 11.5 Å². The van der Waals surface area contributed by atoms with E-state index in [1.54, 1.807) is 12.3 Å². The number of pyridine rings is 1. The lowest BCUT2D eigenvalue weighted by Gasteiger charge is -2.11. The highest BCUT2D eigenvalue weighted by atomic mass is 16.5. The van der Waals surface area contributed by atoms with Crippen LogP contribution in [0.2, 0.25) is 0 Å². The molecule has 3 N–H and O–H groups in total. The highest BCUT2D eigenvalue weighted by molar-refractivity contribution is 5.60. The quantitative estimate of drug-likeness (QED) is 0.823. The zero-order valence-electron chi connectivity index (χ0n) is 10.6. The maximum absolute atomic E-state index is 9.96. The van der Waals surface area contributed by atoms with E-state index in [4.69, 9.17) is 10.5 Å². The molecule has 0 aliphatic rings. The van der Waals surface area contributed by atoms with E-state index in [0.717, 1.165) is 6.42 Å². The predicted octanol–water partition coefficient (Wildman–Crippen LogP) is 2.32. The molecule has 94 valence electrons. The van der Waals surface area contributed by atoms with Gasteiger partial charge in [-0.2, -0.15) is 0 Å². The summed E-state index contributed by atoms with van der Waals surface area (Å²) >= 11 is 0. The lowest BCUT2D eigenvalue weighted by Crippen LogP contribution is -2.12. The molecule has 0 aliphatic heterocycles. The van der Waals surface area contributed by atoms with Crippen molar-refractivity contribution in [3.63, 3.8) is 0 Å². The molecule has 0 amide bonds. The Morgan fingerprint density at radius 1 is 1.41 bits per heavy atom. The van der Waals surface area contributed by atoms with Gasteiger partial charge in [0.05, 0.1) is 12.3 Å². The van der Waals surface area contributed by atoms with E-state index in [0.29, 0.717) is 11.3 Å². The molecule has 4 nitrogen and oxygen atoms in total. The van der Waals surface area contributed by atoms with Gasteiger partial charge >= 0.3 is 0 Å². The Hall–Kier alpha value is -1.55. The van der Waals surface area contributed by atoms with Gasteiger partial charge in [0.25, 0.3) is 0 Å². The molecule has 0 aromatic carbocycles. The first-order valence-corrected chi connectivity index (χ1v) is 5.76. The minimum Gasteiger partial charge on any atom is -0.504 e. The minimum atomic E-state index is 0.00555. The number of ether oxygens (including phenoxy) is 1. The average Bonchev–Trinajstić information content (AvgIpc) is 2.22. The van der Waals surface area contributed by atoms with Gasteiger partial charge in [-0.15, -0.1) is 0 Å². The molecule has 0 bridgehead atoms. The summed E-state index contributed by atoms with van der Waals surface area (Å²) < 4.78 is 5.44. The highest BCUT2D eigenvalue weighted by Gasteiger charge is 2.08. The van der Waals surface area contributed by atoms with Crippen molar-refractivity contribution in [3.05, 3.63) is 24.0 Å². The second kappa shape index (κ2) is 6.25. The van der Waals surface area contributed by atoms with E-state index in [1.165, 1.54) is 6.20 Å². The van der Waals surface area contributed by atoms with E-state index in [9.17, 15) is 5.11 Å². The Morgan fingerprint density at radius 3 is 2.71 bits per heavy atom. The summed E-state index contributed by atoms with van der Waals surface area (Å²) in [4.78, 5) is 4.03. The van der Waals surface area contributed by atoms with Crippen molar-refractivity contribution in [3.8, 4) is 11.5 Å². The van der Waals surface area contributed by atoms with Gasteiger partial charge in [-0.1, -0.05) is 12.2 Å². The summed E-state index contributed by atoms with van der Waals surface area (Å²) in [5.41, 5.74) is 6.28. The fraction of sp³-hybridized carbons (Fsp3) is 0.462. The molecule has 4 heteroatoms. The van der Waals surface area contributed by atoms with Crippen LogP contribution in [-0.2, 0) is 0 Å². The predicted molar refractivity (Wildman–Crippen MR) is 69.0 cm³/mol. The molecule has 0 fully saturated rings. The summed E-state index contributed by atoms with van der Waals surface area (Å²) in [6, 6.07) is 0.108. The van der Waals surface area contributed by atoms with E-state index < -0.39 is 0 Å². The summed E-state index contributed by atoms with van der Waals surface area (Å²) in [7, 11) is 0. The van der Waals surface area contributed by atoms with Crippen LogP contribution in [0, 0.1) is 0 Å². The van der Waals surface area contributed by atoms with Crippen molar-refractivity contribution in [2.75, 3.05) is 0 Å². The number of nitrogens with zero attached hydrogens (tertiary/aromatic N) is 1. The van der Waals surface area contributed by atoms with Crippen LogP contribution >= 0.6 is 0 Å². The molecular weight excluding hydrogens is 216 g/mol. The smallest absolute Gasteiger partial charge is 0.180 e. The molecule has 0 spiro atoms. The molecule has 1 atom stereocenters. The van der Waals surface area contributed by atoms with Crippen molar-refractivity contribution in [1.82, 2.24) is 4.98 Å². The Morgan fingerprint density at radius 2 is 2.12 bits per heavy atom. The van der Waals surface area contributed by atoms with Gasteiger partial charge < -0.3 is 15.6 Å². The van der Waals surface area contributed by atoms with Gasteiger partial charge in [0, 0.05) is 17.8 Å². The fourth-order valence-electron chi connectivity index (χ4n) is 1.32. The molecule has 1 aromatic heterocycles. The van der Waals surface area contributed by atoms with Crippen LogP contribution in [0.15, 0.2) is 18.5 Å². The highest BCUT2D eigenvalue weighted by Crippen LogP contribution is 2.30. The summed E-state index contributed by atoms with van der Waals surface area (Å²) in [6.07, 6.45) is 7.60. The minimum absolute atomic E-state index is 0.00555. The van der Waals surface area contributed by atoms with Crippen LogP contribution in [0.4, 0.5) is 0 Å². The maximum Gasteiger partial charge on any atom is 0.180 e. The van der Waals surface area contributed by atoms with Gasteiger partial charge in [0.15, 0.2) is 11.5 Å². The Balaban J connectivity index is 2.83. The second-order valence-electron chi connectivity index (χ2n) is 4.36. The molecule has 1 aromatic rings. The molecule has 0 aliphatic carbocycles. The third-order valence-corrected chi connectivity index (χ3v) is 2.08.